The van der Waals surface area contributed by atoms with E-state index in [9.17, 15) is 4.79 Å². The zero-order valence-corrected chi connectivity index (χ0v) is 12.0. The molecule has 4 heteroatoms. The van der Waals surface area contributed by atoms with Gasteiger partial charge in [0.15, 0.2) is 0 Å². The Hall–Kier alpha value is -1.55. The van der Waals surface area contributed by atoms with Gasteiger partial charge in [0.25, 0.3) is 5.91 Å². The van der Waals surface area contributed by atoms with E-state index in [0.717, 1.165) is 37.3 Å². The first-order valence-corrected chi connectivity index (χ1v) is 7.13. The molecule has 2 aliphatic heterocycles. The molecule has 0 bridgehead atoms. The Labute approximate surface area is 115 Å². The van der Waals surface area contributed by atoms with E-state index in [1.165, 1.54) is 11.3 Å². The third-order valence-corrected chi connectivity index (χ3v) is 3.56. The summed E-state index contributed by atoms with van der Waals surface area (Å²) < 4.78 is 0. The molecule has 104 valence electrons. The number of hydrogen-bond donors (Lipinski definition) is 2. The van der Waals surface area contributed by atoms with Crippen LogP contribution in [0.4, 0.5) is 5.69 Å². The number of hydrogen-bond acceptors (Lipinski definition) is 3. The molecule has 0 radical (unpaired) electrons. The van der Waals surface area contributed by atoms with Crippen LogP contribution in [0.15, 0.2) is 12.1 Å². The number of piperazine rings is 1. The summed E-state index contributed by atoms with van der Waals surface area (Å²) >= 11 is 0. The Bertz CT molecular complexity index is 465. The summed E-state index contributed by atoms with van der Waals surface area (Å²) in [5, 5.41) is 6.22. The van der Waals surface area contributed by atoms with Gasteiger partial charge in [0, 0.05) is 44.0 Å². The maximum Gasteiger partial charge on any atom is 0.251 e. The standard InChI is InChI=1S/C13H17N3O.C2H6/c1-9-6-10-8-15-13(17)11(10)7-12(9)16-4-2-14-3-5-16;1-2/h6-7,14H,2-5,8H2,1H3,(H,15,17);1-2H3. The van der Waals surface area contributed by atoms with Crippen molar-refractivity contribution in [3.63, 3.8) is 0 Å². The predicted molar refractivity (Wildman–Crippen MR) is 78.8 cm³/mol. The molecule has 19 heavy (non-hydrogen) atoms. The zero-order valence-electron chi connectivity index (χ0n) is 12.0. The Kier molecular flexibility index (Phi) is 4.43. The van der Waals surface area contributed by atoms with Crippen molar-refractivity contribution in [1.82, 2.24) is 10.6 Å². The molecule has 1 aromatic carbocycles. The van der Waals surface area contributed by atoms with Crippen molar-refractivity contribution in [3.05, 3.63) is 28.8 Å². The van der Waals surface area contributed by atoms with E-state index < -0.39 is 0 Å². The van der Waals surface area contributed by atoms with Crippen LogP contribution in [0.2, 0.25) is 0 Å². The lowest BCUT2D eigenvalue weighted by atomic mass is 10.0. The fraction of sp³-hybridized carbons (Fsp3) is 0.533. The summed E-state index contributed by atoms with van der Waals surface area (Å²) in [6.45, 7) is 10.9. The van der Waals surface area contributed by atoms with Gasteiger partial charge in [-0.2, -0.15) is 0 Å². The number of rotatable bonds is 1. The van der Waals surface area contributed by atoms with Crippen molar-refractivity contribution in [2.24, 2.45) is 0 Å². The lowest BCUT2D eigenvalue weighted by Gasteiger charge is -2.31. The number of anilines is 1. The molecule has 0 spiro atoms. The molecule has 0 atom stereocenters. The van der Waals surface area contributed by atoms with Gasteiger partial charge in [-0.05, 0) is 24.1 Å². The second-order valence-corrected chi connectivity index (χ2v) is 4.72. The van der Waals surface area contributed by atoms with Gasteiger partial charge in [-0.3, -0.25) is 4.79 Å². The summed E-state index contributed by atoms with van der Waals surface area (Å²) in [6.07, 6.45) is 0. The molecule has 1 saturated heterocycles. The monoisotopic (exact) mass is 261 g/mol. The minimum Gasteiger partial charge on any atom is -0.369 e. The number of nitrogens with zero attached hydrogens (tertiary/aromatic N) is 1. The second-order valence-electron chi connectivity index (χ2n) is 4.72. The Morgan fingerprint density at radius 1 is 1.16 bits per heavy atom. The van der Waals surface area contributed by atoms with Crippen molar-refractivity contribution in [1.29, 1.82) is 0 Å². The lowest BCUT2D eigenvalue weighted by Crippen LogP contribution is -2.43. The summed E-state index contributed by atoms with van der Waals surface area (Å²) in [5.41, 5.74) is 4.46. The van der Waals surface area contributed by atoms with Gasteiger partial charge < -0.3 is 15.5 Å². The summed E-state index contributed by atoms with van der Waals surface area (Å²) in [6, 6.07) is 4.20. The minimum atomic E-state index is 0.0661. The van der Waals surface area contributed by atoms with Gasteiger partial charge in [0.05, 0.1) is 0 Å². The van der Waals surface area contributed by atoms with Crippen LogP contribution in [-0.4, -0.2) is 32.1 Å². The Morgan fingerprint density at radius 3 is 2.53 bits per heavy atom. The molecule has 1 aromatic rings. The van der Waals surface area contributed by atoms with Crippen LogP contribution in [0.5, 0.6) is 0 Å². The highest BCUT2D eigenvalue weighted by molar-refractivity contribution is 5.99. The number of nitrogens with one attached hydrogen (secondary N) is 2. The van der Waals surface area contributed by atoms with E-state index in [1.807, 2.05) is 13.8 Å². The van der Waals surface area contributed by atoms with Gasteiger partial charge >= 0.3 is 0 Å². The highest BCUT2D eigenvalue weighted by atomic mass is 16.1. The van der Waals surface area contributed by atoms with Crippen LogP contribution in [0.1, 0.15) is 35.3 Å². The molecule has 1 amide bonds. The largest absolute Gasteiger partial charge is 0.369 e. The van der Waals surface area contributed by atoms with E-state index in [0.29, 0.717) is 6.54 Å². The topological polar surface area (TPSA) is 44.4 Å². The number of carbonyl (C=O) groups excluding carboxylic acids is 1. The smallest absolute Gasteiger partial charge is 0.251 e. The molecular weight excluding hydrogens is 238 g/mol. The number of carbonyl (C=O) groups is 1. The Morgan fingerprint density at radius 2 is 1.84 bits per heavy atom. The average Bonchev–Trinajstić information content (AvgIpc) is 2.82. The first-order chi connectivity index (χ1) is 9.25. The van der Waals surface area contributed by atoms with Gasteiger partial charge in [-0.1, -0.05) is 19.9 Å². The molecule has 0 aromatic heterocycles. The van der Waals surface area contributed by atoms with Crippen LogP contribution in [-0.2, 0) is 6.54 Å². The zero-order chi connectivity index (χ0) is 13.8. The highest BCUT2D eigenvalue weighted by Gasteiger charge is 2.22. The summed E-state index contributed by atoms with van der Waals surface area (Å²) in [4.78, 5) is 14.0. The quantitative estimate of drug-likeness (QED) is 0.808. The first-order valence-electron chi connectivity index (χ1n) is 7.13. The molecule has 0 saturated carbocycles. The SMILES string of the molecule is CC.Cc1cc2c(cc1N1CCNCC1)C(=O)NC2. The van der Waals surface area contributed by atoms with Crippen LogP contribution < -0.4 is 15.5 Å². The van der Waals surface area contributed by atoms with E-state index in [4.69, 9.17) is 0 Å². The van der Waals surface area contributed by atoms with E-state index in [-0.39, 0.29) is 5.91 Å². The van der Waals surface area contributed by atoms with Crippen LogP contribution in [0, 0.1) is 6.92 Å². The third kappa shape index (κ3) is 2.73. The molecule has 1 fully saturated rings. The maximum atomic E-state index is 11.7. The number of amides is 1. The fourth-order valence-electron chi connectivity index (χ4n) is 2.63. The molecule has 2 N–H and O–H groups in total. The van der Waals surface area contributed by atoms with E-state index in [1.54, 1.807) is 0 Å². The maximum absolute atomic E-state index is 11.7. The minimum absolute atomic E-state index is 0.0661. The van der Waals surface area contributed by atoms with Crippen LogP contribution in [0.25, 0.3) is 0 Å². The first kappa shape index (κ1) is 13.9. The normalized spacial score (nSPS) is 17.4. The van der Waals surface area contributed by atoms with Gasteiger partial charge in [0.1, 0.15) is 0 Å². The number of fused-ring (bicyclic) bond motifs is 1. The molecular formula is C15H23N3O. The molecule has 4 nitrogen and oxygen atoms in total. The highest BCUT2D eigenvalue weighted by Crippen LogP contribution is 2.27. The van der Waals surface area contributed by atoms with Crippen molar-refractivity contribution < 1.29 is 4.79 Å². The predicted octanol–water partition coefficient (Wildman–Crippen LogP) is 1.67. The molecule has 2 heterocycles. The number of benzene rings is 1. The number of aryl methyl sites for hydroxylation is 1. The van der Waals surface area contributed by atoms with Gasteiger partial charge in [-0.15, -0.1) is 0 Å². The molecule has 0 unspecified atom stereocenters. The molecule has 0 aliphatic carbocycles. The van der Waals surface area contributed by atoms with E-state index >= 15 is 0 Å². The molecule has 2 aliphatic rings. The summed E-state index contributed by atoms with van der Waals surface area (Å²) in [7, 11) is 0. The van der Waals surface area contributed by atoms with Crippen molar-refractivity contribution in [2.75, 3.05) is 31.1 Å². The lowest BCUT2D eigenvalue weighted by molar-refractivity contribution is 0.0966. The Balaban J connectivity index is 0.000000637. The summed E-state index contributed by atoms with van der Waals surface area (Å²) in [5.74, 6) is 0.0661. The van der Waals surface area contributed by atoms with Gasteiger partial charge in [-0.25, -0.2) is 0 Å². The van der Waals surface area contributed by atoms with Crippen molar-refractivity contribution in [2.45, 2.75) is 27.3 Å². The van der Waals surface area contributed by atoms with Gasteiger partial charge in [0.2, 0.25) is 0 Å². The van der Waals surface area contributed by atoms with Crippen LogP contribution >= 0.6 is 0 Å². The third-order valence-electron chi connectivity index (χ3n) is 3.56. The van der Waals surface area contributed by atoms with Crippen LogP contribution in [0.3, 0.4) is 0 Å². The van der Waals surface area contributed by atoms with E-state index in [2.05, 4.69) is 34.6 Å². The van der Waals surface area contributed by atoms with Crippen molar-refractivity contribution >= 4 is 11.6 Å². The fourth-order valence-corrected chi connectivity index (χ4v) is 2.63. The average molecular weight is 261 g/mol. The van der Waals surface area contributed by atoms with Crippen molar-refractivity contribution in [3.8, 4) is 0 Å². The molecule has 3 rings (SSSR count). The second kappa shape index (κ2) is 6.06.